The number of hydrogen-bond acceptors (Lipinski definition) is 4. The van der Waals surface area contributed by atoms with E-state index in [1.54, 1.807) is 0 Å². The van der Waals surface area contributed by atoms with E-state index in [-0.39, 0.29) is 0 Å². The Morgan fingerprint density at radius 3 is 3.00 bits per heavy atom. The fourth-order valence-electron chi connectivity index (χ4n) is 4.01. The van der Waals surface area contributed by atoms with E-state index in [1.807, 2.05) is 12.5 Å². The van der Waals surface area contributed by atoms with Crippen molar-refractivity contribution in [2.75, 3.05) is 32.7 Å². The van der Waals surface area contributed by atoms with Gasteiger partial charge in [-0.15, -0.1) is 0 Å². The highest BCUT2D eigenvalue weighted by Gasteiger charge is 2.32. The zero-order chi connectivity index (χ0) is 14.7. The second-order valence-corrected chi connectivity index (χ2v) is 6.44. The number of imidazole rings is 1. The van der Waals surface area contributed by atoms with Gasteiger partial charge in [-0.05, 0) is 38.8 Å². The molecule has 5 nitrogen and oxygen atoms in total. The Kier molecular flexibility index (Phi) is 4.93. The summed E-state index contributed by atoms with van der Waals surface area (Å²) >= 11 is 0. The average Bonchev–Trinajstić information content (AvgIpc) is 3.07. The summed E-state index contributed by atoms with van der Waals surface area (Å²) in [5, 5.41) is 0. The van der Waals surface area contributed by atoms with Gasteiger partial charge in [0.15, 0.2) is 0 Å². The van der Waals surface area contributed by atoms with E-state index in [2.05, 4.69) is 26.3 Å². The van der Waals surface area contributed by atoms with Gasteiger partial charge in [0.05, 0.1) is 18.1 Å². The lowest BCUT2D eigenvalue weighted by molar-refractivity contribution is 0.171. The molecule has 2 N–H and O–H groups in total. The molecular weight excluding hydrogens is 262 g/mol. The summed E-state index contributed by atoms with van der Waals surface area (Å²) in [6.07, 6.45) is 9.08. The Balaban J connectivity index is 1.76. The van der Waals surface area contributed by atoms with E-state index in [9.17, 15) is 0 Å². The second kappa shape index (κ2) is 6.90. The van der Waals surface area contributed by atoms with Gasteiger partial charge in [-0.25, -0.2) is 4.98 Å². The van der Waals surface area contributed by atoms with Crippen molar-refractivity contribution in [2.45, 2.75) is 51.2 Å². The molecule has 0 spiro atoms. The second-order valence-electron chi connectivity index (χ2n) is 6.44. The Hall–Kier alpha value is -0.910. The molecule has 0 saturated carbocycles. The summed E-state index contributed by atoms with van der Waals surface area (Å²) in [6.45, 7) is 8.80. The molecule has 2 saturated heterocycles. The number of aromatic nitrogens is 2. The van der Waals surface area contributed by atoms with Crippen molar-refractivity contribution in [3.05, 3.63) is 18.2 Å². The predicted octanol–water partition coefficient (Wildman–Crippen LogP) is 1.46. The van der Waals surface area contributed by atoms with Crippen molar-refractivity contribution in [3.8, 4) is 0 Å². The number of nitrogens with two attached hydrogens (primary N) is 1. The average molecular weight is 291 g/mol. The van der Waals surface area contributed by atoms with Crippen LogP contribution in [0.15, 0.2) is 12.5 Å². The molecule has 2 unspecified atom stereocenters. The van der Waals surface area contributed by atoms with Gasteiger partial charge in [0.25, 0.3) is 0 Å². The fraction of sp³-hybridized carbons (Fsp3) is 0.812. The van der Waals surface area contributed by atoms with Gasteiger partial charge in [-0.1, -0.05) is 6.92 Å². The van der Waals surface area contributed by atoms with Crippen molar-refractivity contribution < 1.29 is 0 Å². The molecule has 0 aliphatic carbocycles. The van der Waals surface area contributed by atoms with Gasteiger partial charge in [-0.2, -0.15) is 0 Å². The summed E-state index contributed by atoms with van der Waals surface area (Å²) in [5.41, 5.74) is 7.45. The highest BCUT2D eigenvalue weighted by atomic mass is 15.3. The third-order valence-corrected chi connectivity index (χ3v) is 5.05. The summed E-state index contributed by atoms with van der Waals surface area (Å²) < 4.78 is 2.29. The van der Waals surface area contributed by atoms with Crippen molar-refractivity contribution in [1.82, 2.24) is 19.4 Å². The van der Waals surface area contributed by atoms with Crippen LogP contribution in [0.3, 0.4) is 0 Å². The summed E-state index contributed by atoms with van der Waals surface area (Å²) in [5.74, 6) is 0. The van der Waals surface area contributed by atoms with Crippen LogP contribution in [0.2, 0.25) is 0 Å². The summed E-state index contributed by atoms with van der Waals surface area (Å²) in [4.78, 5) is 9.65. The fourth-order valence-corrected chi connectivity index (χ4v) is 4.01. The highest BCUT2D eigenvalue weighted by Crippen LogP contribution is 2.27. The monoisotopic (exact) mass is 291 g/mol. The first-order chi connectivity index (χ1) is 10.3. The number of hydrogen-bond donors (Lipinski definition) is 1. The molecule has 1 aromatic rings. The van der Waals surface area contributed by atoms with Crippen LogP contribution in [-0.2, 0) is 6.54 Å². The normalized spacial score (nSPS) is 25.7. The Bertz CT molecular complexity index is 444. The van der Waals surface area contributed by atoms with Gasteiger partial charge >= 0.3 is 0 Å². The molecule has 118 valence electrons. The lowest BCUT2D eigenvalue weighted by Gasteiger charge is -2.32. The minimum atomic E-state index is 0.319. The van der Waals surface area contributed by atoms with Gasteiger partial charge in [0, 0.05) is 38.4 Å². The molecule has 2 aliphatic rings. The maximum absolute atomic E-state index is 6.15. The maximum atomic E-state index is 6.15. The van der Waals surface area contributed by atoms with Gasteiger partial charge in [0.1, 0.15) is 0 Å². The third kappa shape index (κ3) is 3.15. The van der Waals surface area contributed by atoms with Gasteiger partial charge in [0.2, 0.25) is 0 Å². The third-order valence-electron chi connectivity index (χ3n) is 5.05. The van der Waals surface area contributed by atoms with Crippen LogP contribution in [0.1, 0.15) is 44.3 Å². The lowest BCUT2D eigenvalue weighted by Crippen LogP contribution is -2.41. The van der Waals surface area contributed by atoms with Crippen LogP contribution in [0.25, 0.3) is 0 Å². The van der Waals surface area contributed by atoms with E-state index in [0.717, 1.165) is 25.6 Å². The molecule has 21 heavy (non-hydrogen) atoms. The molecule has 3 heterocycles. The molecule has 5 heteroatoms. The Morgan fingerprint density at radius 2 is 2.19 bits per heavy atom. The van der Waals surface area contributed by atoms with E-state index in [4.69, 9.17) is 5.73 Å². The minimum Gasteiger partial charge on any atom is -0.333 e. The molecule has 2 fully saturated rings. The van der Waals surface area contributed by atoms with Crippen LogP contribution < -0.4 is 5.73 Å². The number of aryl methyl sites for hydroxylation is 1. The zero-order valence-corrected chi connectivity index (χ0v) is 13.2. The first-order valence-electron chi connectivity index (χ1n) is 8.51. The van der Waals surface area contributed by atoms with Crippen LogP contribution in [0.4, 0.5) is 0 Å². The van der Waals surface area contributed by atoms with Crippen molar-refractivity contribution in [1.29, 1.82) is 0 Å². The number of fused-ring (bicyclic) bond motifs is 1. The minimum absolute atomic E-state index is 0.319. The topological polar surface area (TPSA) is 50.3 Å². The van der Waals surface area contributed by atoms with Crippen molar-refractivity contribution >= 4 is 0 Å². The largest absolute Gasteiger partial charge is 0.333 e. The van der Waals surface area contributed by atoms with Crippen LogP contribution >= 0.6 is 0 Å². The van der Waals surface area contributed by atoms with E-state index >= 15 is 0 Å². The molecule has 0 bridgehead atoms. The Labute approximate surface area is 128 Å². The lowest BCUT2D eigenvalue weighted by atomic mass is 10.1. The van der Waals surface area contributed by atoms with Crippen molar-refractivity contribution in [2.24, 2.45) is 5.73 Å². The van der Waals surface area contributed by atoms with Crippen LogP contribution in [0.5, 0.6) is 0 Å². The number of nitrogens with zero attached hydrogens (tertiary/aromatic N) is 4. The molecule has 2 aliphatic heterocycles. The number of rotatable bonds is 5. The summed E-state index contributed by atoms with van der Waals surface area (Å²) in [7, 11) is 0. The molecule has 0 radical (unpaired) electrons. The molecule has 2 atom stereocenters. The van der Waals surface area contributed by atoms with E-state index in [1.165, 1.54) is 44.6 Å². The smallest absolute Gasteiger partial charge is 0.0948 e. The predicted molar refractivity (Wildman–Crippen MR) is 85.1 cm³/mol. The van der Waals surface area contributed by atoms with Gasteiger partial charge < -0.3 is 10.3 Å². The first-order valence-corrected chi connectivity index (χ1v) is 8.51. The van der Waals surface area contributed by atoms with Crippen molar-refractivity contribution in [3.63, 3.8) is 0 Å². The zero-order valence-electron chi connectivity index (χ0n) is 13.2. The van der Waals surface area contributed by atoms with Crippen LogP contribution in [-0.4, -0.2) is 58.1 Å². The van der Waals surface area contributed by atoms with Crippen LogP contribution in [0, 0.1) is 0 Å². The van der Waals surface area contributed by atoms with Gasteiger partial charge in [-0.3, -0.25) is 9.80 Å². The standard InChI is InChI=1S/C16H29N5/c1-2-6-21-13-18-11-16(21)15(10-17)20-9-4-8-19-7-3-5-14(19)12-20/h11,13-15H,2-10,12,17H2,1H3. The van der Waals surface area contributed by atoms with E-state index < -0.39 is 0 Å². The highest BCUT2D eigenvalue weighted by molar-refractivity contribution is 5.07. The Morgan fingerprint density at radius 1 is 1.33 bits per heavy atom. The molecule has 0 amide bonds. The maximum Gasteiger partial charge on any atom is 0.0948 e. The molecule has 1 aromatic heterocycles. The SMILES string of the molecule is CCCn1cncc1C(CN)N1CCCN2CCCC2C1. The molecular formula is C16H29N5. The quantitative estimate of drug-likeness (QED) is 0.892. The summed E-state index contributed by atoms with van der Waals surface area (Å²) in [6, 6.07) is 1.06. The van der Waals surface area contributed by atoms with E-state index in [0.29, 0.717) is 12.6 Å². The molecule has 3 rings (SSSR count). The first kappa shape index (κ1) is 15.0. The molecule has 0 aromatic carbocycles.